The molecule has 5 heteroatoms. The summed E-state index contributed by atoms with van der Waals surface area (Å²) in [4.78, 5) is 13.8. The van der Waals surface area contributed by atoms with Gasteiger partial charge in [-0.1, -0.05) is 12.1 Å². The number of nitrogens with two attached hydrogens (primary N) is 1. The maximum absolute atomic E-state index is 12.1. The minimum absolute atomic E-state index is 0.00449. The van der Waals surface area contributed by atoms with Crippen molar-refractivity contribution in [3.63, 3.8) is 0 Å². The molecule has 1 aliphatic rings. The zero-order valence-corrected chi connectivity index (χ0v) is 13.0. The summed E-state index contributed by atoms with van der Waals surface area (Å²) in [7, 11) is 3.42. The second-order valence-corrected chi connectivity index (χ2v) is 5.65. The van der Waals surface area contributed by atoms with Gasteiger partial charge in [0.25, 0.3) is 5.91 Å². The Morgan fingerprint density at radius 3 is 2.76 bits per heavy atom. The summed E-state index contributed by atoms with van der Waals surface area (Å²) in [5, 5.41) is 0. The van der Waals surface area contributed by atoms with Crippen LogP contribution in [0.15, 0.2) is 18.2 Å². The maximum Gasteiger partial charge on any atom is 0.260 e. The normalized spacial score (nSPS) is 15.4. The first-order valence-electron chi connectivity index (χ1n) is 7.32. The molecule has 0 saturated heterocycles. The number of hydrogen-bond donors (Lipinski definition) is 1. The minimum Gasteiger partial charge on any atom is -0.493 e. The van der Waals surface area contributed by atoms with E-state index in [1.807, 2.05) is 32.2 Å². The van der Waals surface area contributed by atoms with Crippen LogP contribution in [-0.2, 0) is 11.2 Å². The molecular formula is C16H24N2O3. The summed E-state index contributed by atoms with van der Waals surface area (Å²) in [6.45, 7) is 1.97. The Balaban J connectivity index is 2.07. The highest BCUT2D eigenvalue weighted by Crippen LogP contribution is 2.32. The standard InChI is InChI=1S/C16H24N2O3/c1-11(17)9-12-5-4-6-14(20-3)16(12)21-10-15(19)18(2)13-7-8-13/h4-6,11,13H,7-10,17H2,1-3H3. The first-order chi connectivity index (χ1) is 10.0. The number of carbonyl (C=O) groups is 1. The Labute approximate surface area is 126 Å². The number of hydrogen-bond acceptors (Lipinski definition) is 4. The predicted octanol–water partition coefficient (Wildman–Crippen LogP) is 1.58. The Hall–Kier alpha value is -1.75. The smallest absolute Gasteiger partial charge is 0.260 e. The van der Waals surface area contributed by atoms with Gasteiger partial charge in [-0.15, -0.1) is 0 Å². The number of carbonyl (C=O) groups excluding carboxylic acids is 1. The Kier molecular flexibility index (Phi) is 5.07. The SMILES string of the molecule is COc1cccc(CC(C)N)c1OCC(=O)N(C)C1CC1. The van der Waals surface area contributed by atoms with Gasteiger partial charge in [0.05, 0.1) is 7.11 Å². The van der Waals surface area contributed by atoms with Gasteiger partial charge in [-0.25, -0.2) is 0 Å². The van der Waals surface area contributed by atoms with E-state index in [4.69, 9.17) is 15.2 Å². The van der Waals surface area contributed by atoms with Crippen molar-refractivity contribution in [2.24, 2.45) is 5.73 Å². The van der Waals surface area contributed by atoms with Crippen molar-refractivity contribution in [1.29, 1.82) is 0 Å². The average molecular weight is 292 g/mol. The summed E-state index contributed by atoms with van der Waals surface area (Å²) in [6.07, 6.45) is 2.86. The maximum atomic E-state index is 12.1. The molecule has 0 bridgehead atoms. The van der Waals surface area contributed by atoms with Gasteiger partial charge in [0, 0.05) is 19.1 Å². The lowest BCUT2D eigenvalue weighted by Gasteiger charge is -2.19. The van der Waals surface area contributed by atoms with E-state index in [-0.39, 0.29) is 18.6 Å². The van der Waals surface area contributed by atoms with Crippen LogP contribution in [0.3, 0.4) is 0 Å². The number of methoxy groups -OCH3 is 1. The summed E-state index contributed by atoms with van der Waals surface area (Å²) in [6, 6.07) is 6.10. The highest BCUT2D eigenvalue weighted by atomic mass is 16.5. The quantitative estimate of drug-likeness (QED) is 0.829. The molecule has 1 unspecified atom stereocenters. The van der Waals surface area contributed by atoms with Gasteiger partial charge in [-0.2, -0.15) is 0 Å². The molecule has 1 fully saturated rings. The van der Waals surface area contributed by atoms with Crippen molar-refractivity contribution in [1.82, 2.24) is 4.90 Å². The molecule has 1 amide bonds. The second-order valence-electron chi connectivity index (χ2n) is 5.65. The minimum atomic E-state index is -0.00449. The molecular weight excluding hydrogens is 268 g/mol. The van der Waals surface area contributed by atoms with E-state index in [0.717, 1.165) is 18.4 Å². The first-order valence-corrected chi connectivity index (χ1v) is 7.32. The molecule has 0 radical (unpaired) electrons. The van der Waals surface area contributed by atoms with Crippen molar-refractivity contribution >= 4 is 5.91 Å². The number of para-hydroxylation sites is 1. The number of amides is 1. The van der Waals surface area contributed by atoms with E-state index in [1.54, 1.807) is 12.0 Å². The van der Waals surface area contributed by atoms with Gasteiger partial charge in [0.15, 0.2) is 18.1 Å². The lowest BCUT2D eigenvalue weighted by Crippen LogP contribution is -2.33. The molecule has 0 aromatic heterocycles. The third-order valence-electron chi connectivity index (χ3n) is 3.65. The fraction of sp³-hybridized carbons (Fsp3) is 0.562. The number of nitrogens with zero attached hydrogens (tertiary/aromatic N) is 1. The van der Waals surface area contributed by atoms with Crippen LogP contribution in [0.1, 0.15) is 25.3 Å². The van der Waals surface area contributed by atoms with Crippen LogP contribution < -0.4 is 15.2 Å². The van der Waals surface area contributed by atoms with Crippen molar-refractivity contribution in [3.8, 4) is 11.5 Å². The van der Waals surface area contributed by atoms with Gasteiger partial charge in [-0.3, -0.25) is 4.79 Å². The van der Waals surface area contributed by atoms with Gasteiger partial charge < -0.3 is 20.1 Å². The molecule has 1 aliphatic carbocycles. The van der Waals surface area contributed by atoms with E-state index in [9.17, 15) is 4.79 Å². The monoisotopic (exact) mass is 292 g/mol. The Morgan fingerprint density at radius 1 is 1.48 bits per heavy atom. The molecule has 1 aromatic carbocycles. The molecule has 1 atom stereocenters. The van der Waals surface area contributed by atoms with Crippen LogP contribution in [0.5, 0.6) is 11.5 Å². The Morgan fingerprint density at radius 2 is 2.19 bits per heavy atom. The van der Waals surface area contributed by atoms with Crippen LogP contribution in [0.4, 0.5) is 0 Å². The highest BCUT2D eigenvalue weighted by molar-refractivity contribution is 5.78. The summed E-state index contributed by atoms with van der Waals surface area (Å²) in [5.74, 6) is 1.25. The fourth-order valence-electron chi connectivity index (χ4n) is 2.29. The fourth-order valence-corrected chi connectivity index (χ4v) is 2.29. The van der Waals surface area contributed by atoms with Crippen LogP contribution in [0.2, 0.25) is 0 Å². The van der Waals surface area contributed by atoms with Crippen LogP contribution in [0, 0.1) is 0 Å². The second kappa shape index (κ2) is 6.80. The topological polar surface area (TPSA) is 64.8 Å². The molecule has 0 aliphatic heterocycles. The van der Waals surface area contributed by atoms with E-state index in [0.29, 0.717) is 24.0 Å². The third-order valence-corrected chi connectivity index (χ3v) is 3.65. The van der Waals surface area contributed by atoms with E-state index < -0.39 is 0 Å². The molecule has 116 valence electrons. The Bertz CT molecular complexity index is 498. The first kappa shape index (κ1) is 15.6. The van der Waals surface area contributed by atoms with E-state index in [1.165, 1.54) is 0 Å². The van der Waals surface area contributed by atoms with Crippen molar-refractivity contribution in [2.75, 3.05) is 20.8 Å². The van der Waals surface area contributed by atoms with Gasteiger partial charge >= 0.3 is 0 Å². The van der Waals surface area contributed by atoms with Gasteiger partial charge in [0.2, 0.25) is 0 Å². The van der Waals surface area contributed by atoms with Crippen molar-refractivity contribution < 1.29 is 14.3 Å². The molecule has 1 saturated carbocycles. The largest absolute Gasteiger partial charge is 0.493 e. The molecule has 0 heterocycles. The van der Waals surface area contributed by atoms with Crippen LogP contribution >= 0.6 is 0 Å². The molecule has 5 nitrogen and oxygen atoms in total. The molecule has 2 rings (SSSR count). The van der Waals surface area contributed by atoms with Crippen LogP contribution in [-0.4, -0.2) is 43.7 Å². The molecule has 21 heavy (non-hydrogen) atoms. The lowest BCUT2D eigenvalue weighted by atomic mass is 10.1. The number of benzene rings is 1. The van der Waals surface area contributed by atoms with Crippen molar-refractivity contribution in [2.45, 2.75) is 38.3 Å². The van der Waals surface area contributed by atoms with Crippen LogP contribution in [0.25, 0.3) is 0 Å². The summed E-state index contributed by atoms with van der Waals surface area (Å²) < 4.78 is 11.1. The van der Waals surface area contributed by atoms with Gasteiger partial charge in [-0.05, 0) is 37.8 Å². The molecule has 2 N–H and O–H groups in total. The predicted molar refractivity (Wildman–Crippen MR) is 81.6 cm³/mol. The van der Waals surface area contributed by atoms with E-state index >= 15 is 0 Å². The average Bonchev–Trinajstić information content (AvgIpc) is 3.28. The molecule has 1 aromatic rings. The van der Waals surface area contributed by atoms with E-state index in [2.05, 4.69) is 0 Å². The van der Waals surface area contributed by atoms with Crippen molar-refractivity contribution in [3.05, 3.63) is 23.8 Å². The number of rotatable bonds is 7. The zero-order valence-electron chi connectivity index (χ0n) is 13.0. The summed E-state index contributed by atoms with van der Waals surface area (Å²) in [5.41, 5.74) is 6.83. The number of likely N-dealkylation sites (N-methyl/N-ethyl adjacent to an activating group) is 1. The van der Waals surface area contributed by atoms with Gasteiger partial charge in [0.1, 0.15) is 0 Å². The lowest BCUT2D eigenvalue weighted by molar-refractivity contribution is -0.132. The number of ether oxygens (including phenoxy) is 2. The zero-order chi connectivity index (χ0) is 15.4. The summed E-state index contributed by atoms with van der Waals surface area (Å²) >= 11 is 0. The highest BCUT2D eigenvalue weighted by Gasteiger charge is 2.29. The molecule has 0 spiro atoms. The third kappa shape index (κ3) is 4.11.